The van der Waals surface area contributed by atoms with Gasteiger partial charge in [-0.15, -0.1) is 10.2 Å². The summed E-state index contributed by atoms with van der Waals surface area (Å²) in [7, 11) is 1.31. The number of phenolic OH excluding ortho intramolecular Hbond substituents is 1. The number of hydrogen-bond acceptors (Lipinski definition) is 9. The first-order chi connectivity index (χ1) is 20.4. The number of phenols is 1. The average molecular weight is 600 g/mol. The summed E-state index contributed by atoms with van der Waals surface area (Å²) in [5, 5.41) is 32.0. The number of benzene rings is 4. The van der Waals surface area contributed by atoms with Crippen LogP contribution in [0.4, 0.5) is 9.52 Å². The lowest BCUT2D eigenvalue weighted by molar-refractivity contribution is -0.132. The van der Waals surface area contributed by atoms with Crippen LogP contribution < -0.4 is 9.64 Å². The van der Waals surface area contributed by atoms with Gasteiger partial charge in [0.2, 0.25) is 5.13 Å². The fraction of sp³-hybridized carbons (Fsp3) is 0.0968. The van der Waals surface area contributed by atoms with Crippen LogP contribution in [0.5, 0.6) is 11.5 Å². The lowest BCUT2D eigenvalue weighted by Gasteiger charge is -2.22. The highest BCUT2D eigenvalue weighted by Crippen LogP contribution is 2.44. The Balaban J connectivity index is 1.37. The predicted octanol–water partition coefficient (Wildman–Crippen LogP) is 6.46. The van der Waals surface area contributed by atoms with E-state index in [1.54, 1.807) is 0 Å². The number of nitrogens with zero attached hydrogens (tertiary/aromatic N) is 3. The molecule has 1 aliphatic rings. The van der Waals surface area contributed by atoms with Gasteiger partial charge in [0.25, 0.3) is 5.78 Å². The van der Waals surface area contributed by atoms with Gasteiger partial charge in [0.15, 0.2) is 15.9 Å². The molecule has 0 bridgehead atoms. The van der Waals surface area contributed by atoms with Crippen LogP contribution >= 0.6 is 23.1 Å². The van der Waals surface area contributed by atoms with Crippen molar-refractivity contribution in [2.45, 2.75) is 16.1 Å². The van der Waals surface area contributed by atoms with E-state index in [9.17, 15) is 24.2 Å². The van der Waals surface area contributed by atoms with Crippen molar-refractivity contribution < 1.29 is 28.9 Å². The number of ketones is 1. The van der Waals surface area contributed by atoms with Crippen molar-refractivity contribution >= 4 is 56.5 Å². The minimum absolute atomic E-state index is 0.00123. The molecule has 0 aliphatic carbocycles. The standard InChI is InChI=1S/C31H22FN3O5S2/c1-40-24-14-11-19(15-23(24)32)27(37)25-26(18-9-12-21(36)13-10-18)35(29(39)28(25)38)30-33-34-31(42-30)41-16-20-7-4-6-17-5-2-3-8-22(17)20/h2-15,26,36-37H,16H2,1H3. The van der Waals surface area contributed by atoms with Gasteiger partial charge in [-0.3, -0.25) is 14.5 Å². The Morgan fingerprint density at radius 1 is 1.02 bits per heavy atom. The highest BCUT2D eigenvalue weighted by molar-refractivity contribution is 8.00. The lowest BCUT2D eigenvalue weighted by atomic mass is 9.95. The molecule has 5 aromatic rings. The number of amides is 1. The number of carbonyl (C=O) groups is 2. The number of rotatable bonds is 7. The van der Waals surface area contributed by atoms with E-state index in [-0.39, 0.29) is 27.8 Å². The Morgan fingerprint density at radius 2 is 1.79 bits per heavy atom. The number of aromatic hydroxyl groups is 1. The van der Waals surface area contributed by atoms with Crippen LogP contribution in [-0.2, 0) is 15.3 Å². The highest BCUT2D eigenvalue weighted by atomic mass is 32.2. The smallest absolute Gasteiger partial charge is 0.301 e. The van der Waals surface area contributed by atoms with Crippen molar-refractivity contribution in [1.29, 1.82) is 0 Å². The number of aromatic nitrogens is 2. The van der Waals surface area contributed by atoms with Gasteiger partial charge in [-0.1, -0.05) is 77.7 Å². The Kier molecular flexibility index (Phi) is 7.36. The number of carbonyl (C=O) groups excluding carboxylic acids is 2. The molecule has 4 aromatic carbocycles. The summed E-state index contributed by atoms with van der Waals surface area (Å²) in [6, 6.07) is 22.7. The zero-order valence-corrected chi connectivity index (χ0v) is 23.7. The first-order valence-corrected chi connectivity index (χ1v) is 14.5. The maximum Gasteiger partial charge on any atom is 0.301 e. The summed E-state index contributed by atoms with van der Waals surface area (Å²) in [5.74, 6) is -2.61. The second-order valence-electron chi connectivity index (χ2n) is 9.39. The number of fused-ring (bicyclic) bond motifs is 1. The van der Waals surface area contributed by atoms with Crippen molar-refractivity contribution in [3.8, 4) is 11.5 Å². The van der Waals surface area contributed by atoms with Crippen molar-refractivity contribution in [3.63, 3.8) is 0 Å². The number of methoxy groups -OCH3 is 1. The van der Waals surface area contributed by atoms with Crippen LogP contribution in [0.1, 0.15) is 22.7 Å². The average Bonchev–Trinajstić information content (AvgIpc) is 3.57. The highest BCUT2D eigenvalue weighted by Gasteiger charge is 2.48. The molecular weight excluding hydrogens is 577 g/mol. The lowest BCUT2D eigenvalue weighted by Crippen LogP contribution is -2.29. The third-order valence-electron chi connectivity index (χ3n) is 6.91. The fourth-order valence-electron chi connectivity index (χ4n) is 4.89. The molecule has 6 rings (SSSR count). The van der Waals surface area contributed by atoms with E-state index in [0.29, 0.717) is 15.7 Å². The Hall–Kier alpha value is -4.74. The number of aliphatic hydroxyl groups excluding tert-OH is 1. The number of Topliss-reactive ketones (excluding diaryl/α,β-unsaturated/α-hetero) is 1. The molecule has 2 N–H and O–H groups in total. The monoisotopic (exact) mass is 599 g/mol. The van der Waals surface area contributed by atoms with Crippen molar-refractivity contribution in [2.75, 3.05) is 12.0 Å². The van der Waals surface area contributed by atoms with E-state index in [2.05, 4.69) is 16.3 Å². The molecular formula is C31H22FN3O5S2. The summed E-state index contributed by atoms with van der Waals surface area (Å²) >= 11 is 2.59. The van der Waals surface area contributed by atoms with E-state index in [1.165, 1.54) is 60.2 Å². The van der Waals surface area contributed by atoms with Crippen LogP contribution in [0.15, 0.2) is 94.8 Å². The molecule has 0 radical (unpaired) electrons. The van der Waals surface area contributed by atoms with Crippen molar-refractivity contribution in [1.82, 2.24) is 10.2 Å². The van der Waals surface area contributed by atoms with E-state index in [4.69, 9.17) is 4.74 Å². The van der Waals surface area contributed by atoms with Gasteiger partial charge in [-0.25, -0.2) is 4.39 Å². The SMILES string of the molecule is COc1ccc(C(O)=C2C(=O)C(=O)N(c3nnc(SCc4cccc5ccccc45)s3)C2c2ccc(O)cc2)cc1F. The Morgan fingerprint density at radius 3 is 2.55 bits per heavy atom. The number of thioether (sulfide) groups is 1. The molecule has 210 valence electrons. The van der Waals surface area contributed by atoms with Gasteiger partial charge in [0.05, 0.1) is 18.7 Å². The molecule has 1 saturated heterocycles. The van der Waals surface area contributed by atoms with Crippen LogP contribution in [0.2, 0.25) is 0 Å². The quantitative estimate of drug-likeness (QED) is 0.0721. The summed E-state index contributed by atoms with van der Waals surface area (Å²) in [6.07, 6.45) is 0. The van der Waals surface area contributed by atoms with Gasteiger partial charge in [0, 0.05) is 11.3 Å². The van der Waals surface area contributed by atoms with E-state index in [1.807, 2.05) is 36.4 Å². The first kappa shape index (κ1) is 27.4. The van der Waals surface area contributed by atoms with Crippen LogP contribution in [0, 0.1) is 5.82 Å². The van der Waals surface area contributed by atoms with Crippen LogP contribution in [-0.4, -0.2) is 39.2 Å². The third-order valence-corrected chi connectivity index (χ3v) is 9.02. The minimum atomic E-state index is -1.10. The number of anilines is 1. The molecule has 11 heteroatoms. The van der Waals surface area contributed by atoms with E-state index >= 15 is 0 Å². The molecule has 1 unspecified atom stereocenters. The summed E-state index contributed by atoms with van der Waals surface area (Å²) in [6.45, 7) is 0. The first-order valence-electron chi connectivity index (χ1n) is 12.7. The Labute approximate surface area is 247 Å². The molecule has 1 atom stereocenters. The van der Waals surface area contributed by atoms with Gasteiger partial charge < -0.3 is 14.9 Å². The van der Waals surface area contributed by atoms with Crippen molar-refractivity contribution in [2.24, 2.45) is 0 Å². The Bertz CT molecular complexity index is 1870. The third kappa shape index (κ3) is 4.97. The number of hydrogen-bond donors (Lipinski definition) is 2. The van der Waals surface area contributed by atoms with Gasteiger partial charge >= 0.3 is 5.91 Å². The molecule has 1 amide bonds. The number of aliphatic hydroxyl groups is 1. The normalized spacial score (nSPS) is 16.3. The molecule has 0 saturated carbocycles. The summed E-state index contributed by atoms with van der Waals surface area (Å²) in [4.78, 5) is 28.0. The number of halogens is 1. The molecule has 1 aliphatic heterocycles. The maximum absolute atomic E-state index is 14.5. The second kappa shape index (κ2) is 11.3. The molecule has 2 heterocycles. The minimum Gasteiger partial charge on any atom is -0.508 e. The second-order valence-corrected chi connectivity index (χ2v) is 11.6. The fourth-order valence-corrected chi connectivity index (χ4v) is 6.76. The molecule has 8 nitrogen and oxygen atoms in total. The molecule has 1 aromatic heterocycles. The topological polar surface area (TPSA) is 113 Å². The largest absolute Gasteiger partial charge is 0.508 e. The van der Waals surface area contributed by atoms with E-state index in [0.717, 1.165) is 33.7 Å². The van der Waals surface area contributed by atoms with Crippen LogP contribution in [0.3, 0.4) is 0 Å². The number of ether oxygens (including phenoxy) is 1. The molecule has 1 fully saturated rings. The van der Waals surface area contributed by atoms with Crippen molar-refractivity contribution in [3.05, 3.63) is 113 Å². The van der Waals surface area contributed by atoms with Gasteiger partial charge in [0.1, 0.15) is 11.5 Å². The van der Waals surface area contributed by atoms with Gasteiger partial charge in [-0.05, 0) is 52.2 Å². The predicted molar refractivity (Wildman–Crippen MR) is 159 cm³/mol. The maximum atomic E-state index is 14.5. The zero-order valence-electron chi connectivity index (χ0n) is 22.0. The molecule has 0 spiro atoms. The zero-order chi connectivity index (χ0) is 29.4. The van der Waals surface area contributed by atoms with Gasteiger partial charge in [-0.2, -0.15) is 0 Å². The van der Waals surface area contributed by atoms with Crippen LogP contribution in [0.25, 0.3) is 16.5 Å². The molecule has 42 heavy (non-hydrogen) atoms. The summed E-state index contributed by atoms with van der Waals surface area (Å²) < 4.78 is 20.0. The summed E-state index contributed by atoms with van der Waals surface area (Å²) in [5.41, 5.74) is 1.31. The van der Waals surface area contributed by atoms with E-state index < -0.39 is 29.3 Å².